The zero-order valence-electron chi connectivity index (χ0n) is 11.5. The minimum absolute atomic E-state index is 0.0162. The molecule has 1 fully saturated rings. The molecular weight excluding hydrogens is 254 g/mol. The van der Waals surface area contributed by atoms with Crippen LogP contribution in [0, 0.1) is 0 Å². The summed E-state index contributed by atoms with van der Waals surface area (Å²) in [6, 6.07) is 9.73. The minimum Gasteiger partial charge on any atom is -0.354 e. The molecule has 0 bridgehead atoms. The third-order valence-electron chi connectivity index (χ3n) is 3.54. The molecule has 2 unspecified atom stereocenters. The Morgan fingerprint density at radius 3 is 2.80 bits per heavy atom. The Balaban J connectivity index is 1.66. The molecule has 1 heterocycles. The number of hydrogen-bond donors (Lipinski definition) is 3. The van der Waals surface area contributed by atoms with Crippen molar-refractivity contribution in [3.8, 4) is 0 Å². The normalized spacial score (nSPS) is 19.4. The molecule has 108 valence electrons. The van der Waals surface area contributed by atoms with Crippen molar-refractivity contribution in [2.45, 2.75) is 37.8 Å². The fraction of sp³-hybridized carbons (Fsp3) is 0.467. The maximum absolute atomic E-state index is 11.7. The zero-order valence-corrected chi connectivity index (χ0v) is 11.5. The van der Waals surface area contributed by atoms with Crippen molar-refractivity contribution in [2.75, 3.05) is 6.54 Å². The predicted molar refractivity (Wildman–Crippen MR) is 76.8 cm³/mol. The van der Waals surface area contributed by atoms with Crippen molar-refractivity contribution in [3.05, 3.63) is 35.9 Å². The summed E-state index contributed by atoms with van der Waals surface area (Å²) in [6.45, 7) is 0.505. The lowest BCUT2D eigenvalue weighted by atomic mass is 10.0. The van der Waals surface area contributed by atoms with Crippen LogP contribution in [0.15, 0.2) is 30.3 Å². The first-order valence-electron chi connectivity index (χ1n) is 7.02. The van der Waals surface area contributed by atoms with Gasteiger partial charge in [0.2, 0.25) is 11.8 Å². The van der Waals surface area contributed by atoms with Crippen molar-refractivity contribution < 1.29 is 9.59 Å². The van der Waals surface area contributed by atoms with E-state index in [1.165, 1.54) is 0 Å². The first-order chi connectivity index (χ1) is 9.65. The second kappa shape index (κ2) is 7.05. The van der Waals surface area contributed by atoms with Gasteiger partial charge in [-0.25, -0.2) is 0 Å². The van der Waals surface area contributed by atoms with Gasteiger partial charge in [0.15, 0.2) is 0 Å². The highest BCUT2D eigenvalue weighted by molar-refractivity contribution is 5.79. The first-order valence-corrected chi connectivity index (χ1v) is 7.02. The maximum atomic E-state index is 11.7. The lowest BCUT2D eigenvalue weighted by Gasteiger charge is -2.13. The van der Waals surface area contributed by atoms with E-state index in [1.54, 1.807) is 0 Å². The highest BCUT2D eigenvalue weighted by atomic mass is 16.2. The van der Waals surface area contributed by atoms with E-state index in [4.69, 9.17) is 5.73 Å². The number of nitrogens with two attached hydrogens (primary N) is 1. The zero-order chi connectivity index (χ0) is 14.4. The summed E-state index contributed by atoms with van der Waals surface area (Å²) in [4.78, 5) is 22.8. The van der Waals surface area contributed by atoms with Crippen LogP contribution in [-0.4, -0.2) is 24.4 Å². The van der Waals surface area contributed by atoms with E-state index < -0.39 is 0 Å². The molecule has 20 heavy (non-hydrogen) atoms. The van der Waals surface area contributed by atoms with Crippen LogP contribution in [0.3, 0.4) is 0 Å². The molecule has 5 heteroatoms. The summed E-state index contributed by atoms with van der Waals surface area (Å²) in [5.74, 6) is 0.0490. The molecule has 5 nitrogen and oxygen atoms in total. The van der Waals surface area contributed by atoms with E-state index in [9.17, 15) is 9.59 Å². The topological polar surface area (TPSA) is 84.2 Å². The molecule has 0 aromatic heterocycles. The average molecular weight is 275 g/mol. The number of hydrogen-bond acceptors (Lipinski definition) is 3. The van der Waals surface area contributed by atoms with Gasteiger partial charge in [-0.05, 0) is 18.4 Å². The summed E-state index contributed by atoms with van der Waals surface area (Å²) in [6.07, 6.45) is 2.37. The number of amides is 2. The largest absolute Gasteiger partial charge is 0.354 e. The SMILES string of the molecule is NC(CCC(=O)NCC1CCC(=O)N1)c1ccccc1. The molecule has 1 aromatic carbocycles. The van der Waals surface area contributed by atoms with Gasteiger partial charge in [-0.3, -0.25) is 9.59 Å². The van der Waals surface area contributed by atoms with Crippen LogP contribution in [0.5, 0.6) is 0 Å². The van der Waals surface area contributed by atoms with E-state index in [0.717, 1.165) is 12.0 Å². The van der Waals surface area contributed by atoms with Crippen LogP contribution in [0.1, 0.15) is 37.3 Å². The smallest absolute Gasteiger partial charge is 0.220 e. The summed E-state index contributed by atoms with van der Waals surface area (Å²) in [5, 5.41) is 5.66. The third kappa shape index (κ3) is 4.35. The van der Waals surface area contributed by atoms with Crippen LogP contribution < -0.4 is 16.4 Å². The fourth-order valence-corrected chi connectivity index (χ4v) is 2.31. The Morgan fingerprint density at radius 2 is 2.15 bits per heavy atom. The number of carbonyl (C=O) groups excluding carboxylic acids is 2. The van der Waals surface area contributed by atoms with E-state index in [0.29, 0.717) is 25.8 Å². The quantitative estimate of drug-likeness (QED) is 0.720. The third-order valence-corrected chi connectivity index (χ3v) is 3.54. The molecule has 1 aromatic rings. The molecule has 2 rings (SSSR count). The Kier molecular flexibility index (Phi) is 5.12. The van der Waals surface area contributed by atoms with E-state index in [1.807, 2.05) is 30.3 Å². The first kappa shape index (κ1) is 14.5. The van der Waals surface area contributed by atoms with Gasteiger partial charge in [-0.1, -0.05) is 30.3 Å². The summed E-state index contributed by atoms with van der Waals surface area (Å²) >= 11 is 0. The summed E-state index contributed by atoms with van der Waals surface area (Å²) < 4.78 is 0. The molecule has 2 amide bonds. The van der Waals surface area contributed by atoms with Gasteiger partial charge >= 0.3 is 0 Å². The van der Waals surface area contributed by atoms with Gasteiger partial charge < -0.3 is 16.4 Å². The van der Waals surface area contributed by atoms with E-state index in [2.05, 4.69) is 10.6 Å². The lowest BCUT2D eigenvalue weighted by molar-refractivity contribution is -0.122. The van der Waals surface area contributed by atoms with Crippen LogP contribution in [-0.2, 0) is 9.59 Å². The monoisotopic (exact) mass is 275 g/mol. The van der Waals surface area contributed by atoms with Gasteiger partial charge in [0, 0.05) is 31.5 Å². The van der Waals surface area contributed by atoms with Crippen molar-refractivity contribution in [1.29, 1.82) is 0 Å². The predicted octanol–water partition coefficient (Wildman–Crippen LogP) is 0.861. The fourth-order valence-electron chi connectivity index (χ4n) is 2.31. The van der Waals surface area contributed by atoms with Crippen molar-refractivity contribution in [2.24, 2.45) is 5.73 Å². The average Bonchev–Trinajstić information content (AvgIpc) is 2.89. The summed E-state index contributed by atoms with van der Waals surface area (Å²) in [5.41, 5.74) is 7.09. The molecule has 0 radical (unpaired) electrons. The Hall–Kier alpha value is -1.88. The Morgan fingerprint density at radius 1 is 1.40 bits per heavy atom. The van der Waals surface area contributed by atoms with Gasteiger partial charge in [-0.2, -0.15) is 0 Å². The van der Waals surface area contributed by atoms with Crippen molar-refractivity contribution in [3.63, 3.8) is 0 Å². The van der Waals surface area contributed by atoms with E-state index >= 15 is 0 Å². The number of nitrogens with one attached hydrogen (secondary N) is 2. The minimum atomic E-state index is -0.117. The molecule has 1 aliphatic heterocycles. The summed E-state index contributed by atoms with van der Waals surface area (Å²) in [7, 11) is 0. The Bertz CT molecular complexity index is 461. The molecule has 1 saturated heterocycles. The Labute approximate surface area is 118 Å². The molecular formula is C15H21N3O2. The van der Waals surface area contributed by atoms with Crippen molar-refractivity contribution in [1.82, 2.24) is 10.6 Å². The van der Waals surface area contributed by atoms with Gasteiger partial charge in [0.25, 0.3) is 0 Å². The highest BCUT2D eigenvalue weighted by Gasteiger charge is 2.20. The number of benzene rings is 1. The van der Waals surface area contributed by atoms with E-state index in [-0.39, 0.29) is 23.9 Å². The van der Waals surface area contributed by atoms with Crippen LogP contribution in [0.4, 0.5) is 0 Å². The number of rotatable bonds is 6. The lowest BCUT2D eigenvalue weighted by Crippen LogP contribution is -2.38. The molecule has 2 atom stereocenters. The second-order valence-corrected chi connectivity index (χ2v) is 5.16. The second-order valence-electron chi connectivity index (χ2n) is 5.16. The molecule has 0 saturated carbocycles. The highest BCUT2D eigenvalue weighted by Crippen LogP contribution is 2.14. The number of carbonyl (C=O) groups is 2. The van der Waals surface area contributed by atoms with Gasteiger partial charge in [0.05, 0.1) is 0 Å². The van der Waals surface area contributed by atoms with Gasteiger partial charge in [-0.15, -0.1) is 0 Å². The molecule has 4 N–H and O–H groups in total. The van der Waals surface area contributed by atoms with Crippen LogP contribution in [0.2, 0.25) is 0 Å². The standard InChI is InChI=1S/C15H21N3O2/c16-13(11-4-2-1-3-5-11)7-9-14(19)17-10-12-6-8-15(20)18-12/h1-5,12-13H,6-10,16H2,(H,17,19)(H,18,20). The van der Waals surface area contributed by atoms with Crippen LogP contribution in [0.25, 0.3) is 0 Å². The molecule has 1 aliphatic rings. The molecule has 0 aliphatic carbocycles. The van der Waals surface area contributed by atoms with Crippen molar-refractivity contribution >= 4 is 11.8 Å². The molecule has 0 spiro atoms. The maximum Gasteiger partial charge on any atom is 0.220 e. The van der Waals surface area contributed by atoms with Gasteiger partial charge in [0.1, 0.15) is 0 Å². The van der Waals surface area contributed by atoms with Crippen LogP contribution >= 0.6 is 0 Å².